The van der Waals surface area contributed by atoms with Crippen LogP contribution in [0.1, 0.15) is 41.7 Å². The third kappa shape index (κ3) is 4.75. The highest BCUT2D eigenvalue weighted by molar-refractivity contribution is 7.10. The number of hydrogen-bond acceptors (Lipinski definition) is 4. The molecule has 6 heteroatoms. The summed E-state index contributed by atoms with van der Waals surface area (Å²) in [4.78, 5) is 11.1. The van der Waals surface area contributed by atoms with Gasteiger partial charge >= 0.3 is 0 Å². The summed E-state index contributed by atoms with van der Waals surface area (Å²) in [6, 6.07) is 13.4. The molecular formula is C23H32N4OS. The van der Waals surface area contributed by atoms with Gasteiger partial charge in [-0.05, 0) is 61.5 Å². The summed E-state index contributed by atoms with van der Waals surface area (Å²) in [6.07, 6.45) is 3.78. The van der Waals surface area contributed by atoms with E-state index in [-0.39, 0.29) is 0 Å². The van der Waals surface area contributed by atoms with Crippen LogP contribution in [0.25, 0.3) is 0 Å². The van der Waals surface area contributed by atoms with Crippen LogP contribution in [0.4, 0.5) is 0 Å². The van der Waals surface area contributed by atoms with Gasteiger partial charge in [-0.25, -0.2) is 0 Å². The number of thiophene rings is 1. The van der Waals surface area contributed by atoms with Gasteiger partial charge < -0.3 is 15.0 Å². The van der Waals surface area contributed by atoms with E-state index < -0.39 is 0 Å². The van der Waals surface area contributed by atoms with Gasteiger partial charge in [-0.2, -0.15) is 0 Å². The van der Waals surface area contributed by atoms with Crippen LogP contribution in [0.3, 0.4) is 0 Å². The molecule has 156 valence electrons. The summed E-state index contributed by atoms with van der Waals surface area (Å²) in [7, 11) is 3.62. The summed E-state index contributed by atoms with van der Waals surface area (Å²) in [6.45, 7) is 5.37. The number of guanidine groups is 1. The lowest BCUT2D eigenvalue weighted by molar-refractivity contribution is 0.247. The molecule has 2 fully saturated rings. The Labute approximate surface area is 178 Å². The molecule has 0 radical (unpaired) electrons. The Morgan fingerprint density at radius 1 is 1.21 bits per heavy atom. The third-order valence-electron chi connectivity index (χ3n) is 6.19. The fraction of sp³-hybridized carbons (Fsp3) is 0.522. The SMILES string of the molecule is CN=C(NCC(c1cccs1)N1CCCC1)N1CCC(c2ccc(OC)cc2)C1. The monoisotopic (exact) mass is 412 g/mol. The highest BCUT2D eigenvalue weighted by atomic mass is 32.1. The summed E-state index contributed by atoms with van der Waals surface area (Å²) < 4.78 is 5.29. The van der Waals surface area contributed by atoms with Gasteiger partial charge in [-0.1, -0.05) is 18.2 Å². The first kappa shape index (κ1) is 20.2. The minimum Gasteiger partial charge on any atom is -0.497 e. The highest BCUT2D eigenvalue weighted by Gasteiger charge is 2.28. The van der Waals surface area contributed by atoms with E-state index in [1.165, 1.54) is 36.4 Å². The molecule has 2 unspecified atom stereocenters. The topological polar surface area (TPSA) is 40.1 Å². The molecule has 0 spiro atoms. The molecule has 2 saturated heterocycles. The van der Waals surface area contributed by atoms with Gasteiger partial charge in [0.05, 0.1) is 13.2 Å². The standard InChI is InChI=1S/C23H32N4OS/c1-24-23(25-16-21(22-6-5-15-29-22)26-12-3-4-13-26)27-14-11-19(17-27)18-7-9-20(28-2)10-8-18/h5-10,15,19,21H,3-4,11-14,16-17H2,1-2H3,(H,24,25). The number of likely N-dealkylation sites (tertiary alicyclic amines) is 2. The number of rotatable bonds is 6. The van der Waals surface area contributed by atoms with E-state index >= 15 is 0 Å². The number of nitrogens with zero attached hydrogens (tertiary/aromatic N) is 3. The van der Waals surface area contributed by atoms with E-state index in [9.17, 15) is 0 Å². The van der Waals surface area contributed by atoms with Gasteiger partial charge in [0.25, 0.3) is 0 Å². The molecule has 2 aromatic rings. The van der Waals surface area contributed by atoms with Crippen molar-refractivity contribution in [2.24, 2.45) is 4.99 Å². The fourth-order valence-corrected chi connectivity index (χ4v) is 5.43. The molecule has 1 aromatic heterocycles. The van der Waals surface area contributed by atoms with Gasteiger partial charge in [-0.15, -0.1) is 11.3 Å². The van der Waals surface area contributed by atoms with Crippen LogP contribution < -0.4 is 10.1 Å². The molecule has 2 aliphatic heterocycles. The van der Waals surface area contributed by atoms with Crippen molar-refractivity contribution in [3.8, 4) is 5.75 Å². The minimum absolute atomic E-state index is 0.439. The van der Waals surface area contributed by atoms with Crippen molar-refractivity contribution < 1.29 is 4.74 Å². The van der Waals surface area contributed by atoms with Crippen LogP contribution in [-0.4, -0.2) is 62.6 Å². The second-order valence-corrected chi connectivity index (χ2v) is 8.89. The van der Waals surface area contributed by atoms with Crippen LogP contribution in [-0.2, 0) is 0 Å². The second-order valence-electron chi connectivity index (χ2n) is 7.91. The summed E-state index contributed by atoms with van der Waals surface area (Å²) >= 11 is 1.86. The quantitative estimate of drug-likeness (QED) is 0.576. The normalized spacial score (nSPS) is 21.5. The van der Waals surface area contributed by atoms with Crippen molar-refractivity contribution >= 4 is 17.3 Å². The Balaban J connectivity index is 1.37. The largest absolute Gasteiger partial charge is 0.497 e. The Kier molecular flexibility index (Phi) is 6.72. The molecule has 0 bridgehead atoms. The van der Waals surface area contributed by atoms with Gasteiger partial charge in [0, 0.05) is 37.5 Å². The van der Waals surface area contributed by atoms with Crippen LogP contribution in [0, 0.1) is 0 Å². The van der Waals surface area contributed by atoms with Crippen LogP contribution in [0.2, 0.25) is 0 Å². The molecule has 4 rings (SSSR count). The van der Waals surface area contributed by atoms with Crippen molar-refractivity contribution in [2.45, 2.75) is 31.2 Å². The zero-order chi connectivity index (χ0) is 20.1. The van der Waals surface area contributed by atoms with Crippen LogP contribution in [0.5, 0.6) is 5.75 Å². The molecule has 0 saturated carbocycles. The van der Waals surface area contributed by atoms with E-state index in [2.05, 4.69) is 61.9 Å². The van der Waals surface area contributed by atoms with E-state index in [0.29, 0.717) is 12.0 Å². The van der Waals surface area contributed by atoms with Crippen molar-refractivity contribution in [2.75, 3.05) is 46.9 Å². The summed E-state index contributed by atoms with van der Waals surface area (Å²) in [5.74, 6) is 2.50. The predicted molar refractivity (Wildman–Crippen MR) is 121 cm³/mol. The first-order valence-corrected chi connectivity index (χ1v) is 11.5. The average Bonchev–Trinajstić information content (AvgIpc) is 3.54. The number of ether oxygens (including phenoxy) is 1. The lowest BCUT2D eigenvalue weighted by Crippen LogP contribution is -2.44. The van der Waals surface area contributed by atoms with Crippen molar-refractivity contribution in [3.05, 3.63) is 52.2 Å². The molecule has 2 aliphatic rings. The average molecular weight is 413 g/mol. The number of nitrogens with one attached hydrogen (secondary N) is 1. The number of methoxy groups -OCH3 is 1. The van der Waals surface area contributed by atoms with Crippen molar-refractivity contribution in [1.29, 1.82) is 0 Å². The van der Waals surface area contributed by atoms with Crippen LogP contribution in [0.15, 0.2) is 46.8 Å². The smallest absolute Gasteiger partial charge is 0.193 e. The summed E-state index contributed by atoms with van der Waals surface area (Å²) in [5.41, 5.74) is 1.39. The predicted octanol–water partition coefficient (Wildman–Crippen LogP) is 3.96. The maximum absolute atomic E-state index is 5.29. The number of aliphatic imine (C=N–C) groups is 1. The van der Waals surface area contributed by atoms with Gasteiger partial charge in [0.15, 0.2) is 5.96 Å². The first-order valence-electron chi connectivity index (χ1n) is 10.7. The van der Waals surface area contributed by atoms with Gasteiger partial charge in [0.2, 0.25) is 0 Å². The Hall–Kier alpha value is -2.05. The van der Waals surface area contributed by atoms with E-state index in [1.54, 1.807) is 7.11 Å². The minimum atomic E-state index is 0.439. The van der Waals surface area contributed by atoms with E-state index in [0.717, 1.165) is 37.8 Å². The molecule has 5 nitrogen and oxygen atoms in total. The van der Waals surface area contributed by atoms with Crippen molar-refractivity contribution in [3.63, 3.8) is 0 Å². The number of hydrogen-bond donors (Lipinski definition) is 1. The van der Waals surface area contributed by atoms with Crippen molar-refractivity contribution in [1.82, 2.24) is 15.1 Å². The highest BCUT2D eigenvalue weighted by Crippen LogP contribution is 2.30. The first-order chi connectivity index (χ1) is 14.3. The Morgan fingerprint density at radius 2 is 2.00 bits per heavy atom. The van der Waals surface area contributed by atoms with Crippen LogP contribution >= 0.6 is 11.3 Å². The zero-order valence-corrected chi connectivity index (χ0v) is 18.3. The Bertz CT molecular complexity index is 784. The summed E-state index contributed by atoms with van der Waals surface area (Å²) in [5, 5.41) is 5.88. The third-order valence-corrected chi connectivity index (χ3v) is 7.17. The van der Waals surface area contributed by atoms with Gasteiger partial charge in [-0.3, -0.25) is 9.89 Å². The fourth-order valence-electron chi connectivity index (χ4n) is 4.56. The Morgan fingerprint density at radius 3 is 2.66 bits per heavy atom. The molecule has 0 amide bonds. The molecule has 3 heterocycles. The molecular weight excluding hydrogens is 380 g/mol. The lowest BCUT2D eigenvalue weighted by Gasteiger charge is -2.29. The lowest BCUT2D eigenvalue weighted by atomic mass is 9.98. The maximum atomic E-state index is 5.29. The second kappa shape index (κ2) is 9.63. The van der Waals surface area contributed by atoms with E-state index in [4.69, 9.17) is 4.74 Å². The molecule has 1 aromatic carbocycles. The molecule has 2 atom stereocenters. The maximum Gasteiger partial charge on any atom is 0.193 e. The molecule has 1 N–H and O–H groups in total. The zero-order valence-electron chi connectivity index (χ0n) is 17.5. The number of benzene rings is 1. The molecule has 29 heavy (non-hydrogen) atoms. The molecule has 0 aliphatic carbocycles. The van der Waals surface area contributed by atoms with E-state index in [1.807, 2.05) is 18.4 Å². The van der Waals surface area contributed by atoms with Gasteiger partial charge in [0.1, 0.15) is 5.75 Å².